The Labute approximate surface area is 104 Å². The maximum Gasteiger partial charge on any atom is 0.185 e. The molecule has 1 aromatic carbocycles. The van der Waals surface area contributed by atoms with Gasteiger partial charge in [0, 0.05) is 11.0 Å². The Balaban J connectivity index is 2.68. The maximum absolute atomic E-state index is 12.3. The molecule has 1 N–H and O–H groups in total. The van der Waals surface area contributed by atoms with Gasteiger partial charge in [-0.2, -0.15) is 0 Å². The molecule has 0 radical (unpaired) electrons. The lowest BCUT2D eigenvalue weighted by molar-refractivity contribution is 0.574. The first-order valence-electron chi connectivity index (χ1n) is 5.24. The van der Waals surface area contributed by atoms with Crippen LogP contribution in [0.1, 0.15) is 18.9 Å². The summed E-state index contributed by atoms with van der Waals surface area (Å²) < 4.78 is 25.4. The SMILES string of the molecule is CCC1CNc2c(Br)cc(C)cc2S1(=O)=O. The summed E-state index contributed by atoms with van der Waals surface area (Å²) in [6.45, 7) is 4.29. The van der Waals surface area contributed by atoms with Crippen molar-refractivity contribution in [2.24, 2.45) is 0 Å². The Morgan fingerprint density at radius 3 is 2.81 bits per heavy atom. The summed E-state index contributed by atoms with van der Waals surface area (Å²) in [5, 5.41) is 2.88. The van der Waals surface area contributed by atoms with Crippen molar-refractivity contribution in [3.63, 3.8) is 0 Å². The fourth-order valence-electron chi connectivity index (χ4n) is 1.98. The third-order valence-electron chi connectivity index (χ3n) is 2.91. The number of sulfone groups is 1. The van der Waals surface area contributed by atoms with E-state index in [0.29, 0.717) is 23.5 Å². The van der Waals surface area contributed by atoms with Gasteiger partial charge in [-0.3, -0.25) is 0 Å². The molecule has 88 valence electrons. The van der Waals surface area contributed by atoms with Gasteiger partial charge in [0.2, 0.25) is 0 Å². The zero-order valence-corrected chi connectivity index (χ0v) is 11.7. The predicted octanol–water partition coefficient (Wildman–Crippen LogP) is 2.74. The first-order chi connectivity index (χ1) is 7.46. The van der Waals surface area contributed by atoms with Crippen LogP contribution in [0.3, 0.4) is 0 Å². The minimum Gasteiger partial charge on any atom is -0.382 e. The van der Waals surface area contributed by atoms with E-state index in [1.165, 1.54) is 0 Å². The molecule has 0 amide bonds. The van der Waals surface area contributed by atoms with Crippen LogP contribution in [0, 0.1) is 6.92 Å². The number of hydrogen-bond donors (Lipinski definition) is 1. The van der Waals surface area contributed by atoms with Crippen LogP contribution in [0.2, 0.25) is 0 Å². The molecule has 0 saturated carbocycles. The standard InChI is InChI=1S/C11H14BrNO2S/c1-3-8-6-13-11-9(12)4-7(2)5-10(11)16(8,14)15/h4-5,8,13H,3,6H2,1-2H3. The number of halogens is 1. The van der Waals surface area contributed by atoms with Gasteiger partial charge in [-0.25, -0.2) is 8.42 Å². The van der Waals surface area contributed by atoms with Crippen LogP contribution in [0.25, 0.3) is 0 Å². The fraction of sp³-hybridized carbons (Fsp3) is 0.455. The van der Waals surface area contributed by atoms with Crippen molar-refractivity contribution in [1.29, 1.82) is 0 Å². The average Bonchev–Trinajstić information content (AvgIpc) is 2.19. The monoisotopic (exact) mass is 303 g/mol. The molecule has 0 bridgehead atoms. The minimum atomic E-state index is -3.17. The van der Waals surface area contributed by atoms with Gasteiger partial charge in [0.1, 0.15) is 0 Å². The van der Waals surface area contributed by atoms with Gasteiger partial charge in [0.25, 0.3) is 0 Å². The molecule has 1 aliphatic heterocycles. The smallest absolute Gasteiger partial charge is 0.185 e. The molecule has 0 aliphatic carbocycles. The number of benzene rings is 1. The Kier molecular flexibility index (Phi) is 3.01. The van der Waals surface area contributed by atoms with E-state index in [1.54, 1.807) is 6.07 Å². The third-order valence-corrected chi connectivity index (χ3v) is 5.84. The predicted molar refractivity (Wildman–Crippen MR) is 68.6 cm³/mol. The summed E-state index contributed by atoms with van der Waals surface area (Å²) in [6, 6.07) is 3.66. The highest BCUT2D eigenvalue weighted by Gasteiger charge is 2.33. The van der Waals surface area contributed by atoms with Crippen LogP contribution < -0.4 is 5.32 Å². The molecule has 16 heavy (non-hydrogen) atoms. The zero-order chi connectivity index (χ0) is 11.9. The van der Waals surface area contributed by atoms with Crippen molar-refractivity contribution in [2.45, 2.75) is 30.4 Å². The highest BCUT2D eigenvalue weighted by molar-refractivity contribution is 9.10. The van der Waals surface area contributed by atoms with Gasteiger partial charge in [-0.05, 0) is 47.0 Å². The van der Waals surface area contributed by atoms with Crippen molar-refractivity contribution in [3.05, 3.63) is 22.2 Å². The molecule has 0 fully saturated rings. The van der Waals surface area contributed by atoms with Gasteiger partial charge in [0.05, 0.1) is 15.8 Å². The number of fused-ring (bicyclic) bond motifs is 1. The number of rotatable bonds is 1. The van der Waals surface area contributed by atoms with Gasteiger partial charge >= 0.3 is 0 Å². The summed E-state index contributed by atoms with van der Waals surface area (Å²) in [5.74, 6) is 0. The number of anilines is 1. The molecule has 0 aromatic heterocycles. The molecule has 0 saturated heterocycles. The van der Waals surface area contributed by atoms with Gasteiger partial charge < -0.3 is 5.32 Å². The molecule has 1 atom stereocenters. The second kappa shape index (κ2) is 4.04. The summed E-state index contributed by atoms with van der Waals surface area (Å²) >= 11 is 3.40. The van der Waals surface area contributed by atoms with Crippen molar-refractivity contribution in [3.8, 4) is 0 Å². The first kappa shape index (κ1) is 11.9. The topological polar surface area (TPSA) is 46.2 Å². The van der Waals surface area contributed by atoms with Crippen molar-refractivity contribution in [1.82, 2.24) is 0 Å². The molecule has 1 aromatic rings. The van der Waals surface area contributed by atoms with E-state index < -0.39 is 9.84 Å². The quantitative estimate of drug-likeness (QED) is 0.868. The fourth-order valence-corrected chi connectivity index (χ4v) is 4.74. The molecule has 1 aliphatic rings. The molecule has 5 heteroatoms. The normalized spacial score (nSPS) is 22.3. The van der Waals surface area contributed by atoms with Crippen molar-refractivity contribution in [2.75, 3.05) is 11.9 Å². The van der Waals surface area contributed by atoms with E-state index in [0.717, 1.165) is 10.0 Å². The van der Waals surface area contributed by atoms with Crippen LogP contribution in [0.4, 0.5) is 5.69 Å². The number of aryl methyl sites for hydroxylation is 1. The summed E-state index contributed by atoms with van der Waals surface area (Å²) in [7, 11) is -3.17. The van der Waals surface area contributed by atoms with Crippen LogP contribution in [-0.2, 0) is 9.84 Å². The van der Waals surface area contributed by atoms with E-state index in [-0.39, 0.29) is 5.25 Å². The van der Waals surface area contributed by atoms with Gasteiger partial charge in [0.15, 0.2) is 9.84 Å². The van der Waals surface area contributed by atoms with Gasteiger partial charge in [-0.1, -0.05) is 6.92 Å². The molecule has 0 spiro atoms. The second-order valence-electron chi connectivity index (χ2n) is 4.08. The minimum absolute atomic E-state index is 0.311. The average molecular weight is 304 g/mol. The first-order valence-corrected chi connectivity index (χ1v) is 7.58. The van der Waals surface area contributed by atoms with Crippen molar-refractivity contribution < 1.29 is 8.42 Å². The largest absolute Gasteiger partial charge is 0.382 e. The van der Waals surface area contributed by atoms with Crippen LogP contribution >= 0.6 is 15.9 Å². The van der Waals surface area contributed by atoms with Crippen LogP contribution in [-0.4, -0.2) is 20.2 Å². The van der Waals surface area contributed by atoms with Gasteiger partial charge in [-0.15, -0.1) is 0 Å². The molecule has 3 nitrogen and oxygen atoms in total. The number of nitrogens with one attached hydrogen (secondary N) is 1. The second-order valence-corrected chi connectivity index (χ2v) is 7.13. The summed E-state index contributed by atoms with van der Waals surface area (Å²) in [4.78, 5) is 0.428. The molecule has 1 unspecified atom stereocenters. The highest BCUT2D eigenvalue weighted by atomic mass is 79.9. The summed E-state index contributed by atoms with van der Waals surface area (Å²) in [5.41, 5.74) is 1.66. The lowest BCUT2D eigenvalue weighted by Gasteiger charge is -2.26. The van der Waals surface area contributed by atoms with Crippen LogP contribution in [0.15, 0.2) is 21.5 Å². The van der Waals surface area contributed by atoms with E-state index in [9.17, 15) is 8.42 Å². The van der Waals surface area contributed by atoms with E-state index in [1.807, 2.05) is 19.9 Å². The molecular weight excluding hydrogens is 290 g/mol. The summed E-state index contributed by atoms with van der Waals surface area (Å²) in [6.07, 6.45) is 0.639. The van der Waals surface area contributed by atoms with Crippen molar-refractivity contribution >= 4 is 31.5 Å². The van der Waals surface area contributed by atoms with Crippen LogP contribution in [0.5, 0.6) is 0 Å². The Bertz CT molecular complexity index is 525. The lowest BCUT2D eigenvalue weighted by atomic mass is 10.2. The zero-order valence-electron chi connectivity index (χ0n) is 9.25. The Hall–Kier alpha value is -0.550. The third kappa shape index (κ3) is 1.76. The van der Waals surface area contributed by atoms with E-state index >= 15 is 0 Å². The number of hydrogen-bond acceptors (Lipinski definition) is 3. The maximum atomic E-state index is 12.3. The van der Waals surface area contributed by atoms with E-state index in [2.05, 4.69) is 21.2 Å². The Morgan fingerprint density at radius 2 is 2.19 bits per heavy atom. The molecular formula is C11H14BrNO2S. The lowest BCUT2D eigenvalue weighted by Crippen LogP contribution is -2.34. The Morgan fingerprint density at radius 1 is 1.50 bits per heavy atom. The van der Waals surface area contributed by atoms with E-state index in [4.69, 9.17) is 0 Å². The molecule has 2 rings (SSSR count). The highest BCUT2D eigenvalue weighted by Crippen LogP contribution is 2.37. The molecule has 1 heterocycles.